The molecule has 0 fully saturated rings. The largest absolute Gasteiger partial charge is 0.499 e. The molecular weight excluding hydrogens is 192 g/mol. The van der Waals surface area contributed by atoms with Gasteiger partial charge in [0.25, 0.3) is 11.1 Å². The normalized spacial score (nSPS) is 10.5. The molecule has 13 heavy (non-hydrogen) atoms. The molecule has 6 heteroatoms. The summed E-state index contributed by atoms with van der Waals surface area (Å²) in [6.45, 7) is 0. The van der Waals surface area contributed by atoms with Crippen LogP contribution in [0.4, 0.5) is 5.69 Å². The summed E-state index contributed by atoms with van der Waals surface area (Å²) in [5, 5.41) is 9.16. The standard InChI is InChI=1S/C7H8N2O3S/c1-12-9(11)3-2-6-5(8)4-7(10)13-6/h2-4H,1H3,(H2-,8,10,11)/p+1. The van der Waals surface area contributed by atoms with Gasteiger partial charge in [-0.3, -0.25) is 0 Å². The van der Waals surface area contributed by atoms with Crippen LogP contribution in [0.3, 0.4) is 0 Å². The van der Waals surface area contributed by atoms with Gasteiger partial charge < -0.3 is 10.8 Å². The van der Waals surface area contributed by atoms with Crippen LogP contribution in [0, 0.1) is 4.91 Å². The van der Waals surface area contributed by atoms with Gasteiger partial charge in [-0.2, -0.15) is 0 Å². The van der Waals surface area contributed by atoms with Crippen molar-refractivity contribution in [3.63, 3.8) is 0 Å². The first kappa shape index (κ1) is 9.53. The highest BCUT2D eigenvalue weighted by Gasteiger charge is 2.05. The van der Waals surface area contributed by atoms with E-state index in [1.807, 2.05) is 0 Å². The first-order valence-electron chi connectivity index (χ1n) is 3.40. The van der Waals surface area contributed by atoms with Gasteiger partial charge in [0, 0.05) is 12.1 Å². The molecule has 0 bridgehead atoms. The zero-order chi connectivity index (χ0) is 9.84. The third kappa shape index (κ3) is 2.45. The van der Waals surface area contributed by atoms with Crippen molar-refractivity contribution in [3.05, 3.63) is 22.1 Å². The van der Waals surface area contributed by atoms with Gasteiger partial charge in [0.05, 0.1) is 15.5 Å². The number of rotatable bonds is 3. The quantitative estimate of drug-likeness (QED) is 0.724. The van der Waals surface area contributed by atoms with E-state index < -0.39 is 0 Å². The molecule has 70 valence electrons. The molecule has 0 radical (unpaired) electrons. The zero-order valence-corrected chi connectivity index (χ0v) is 7.75. The predicted molar refractivity (Wildman–Crippen MR) is 50.1 cm³/mol. The summed E-state index contributed by atoms with van der Waals surface area (Å²) < 4.78 is 0. The molecule has 0 aliphatic heterocycles. The Morgan fingerprint density at radius 3 is 2.92 bits per heavy atom. The molecule has 5 nitrogen and oxygen atoms in total. The Kier molecular flexibility index (Phi) is 2.86. The van der Waals surface area contributed by atoms with Crippen molar-refractivity contribution in [2.45, 2.75) is 0 Å². The molecule has 1 rings (SSSR count). The smallest absolute Gasteiger partial charge is 0.283 e. The number of anilines is 1. The molecule has 0 aromatic carbocycles. The molecular formula is C7H9N2O3S+. The maximum absolute atomic E-state index is 10.6. The van der Waals surface area contributed by atoms with E-state index in [-0.39, 0.29) is 9.99 Å². The van der Waals surface area contributed by atoms with Crippen LogP contribution in [0.2, 0.25) is 0 Å². The van der Waals surface area contributed by atoms with Crippen molar-refractivity contribution < 1.29 is 14.9 Å². The number of aromatic hydroxyl groups is 1. The fraction of sp³-hybridized carbons (Fsp3) is 0.143. The van der Waals surface area contributed by atoms with Crippen molar-refractivity contribution in [1.82, 2.24) is 0 Å². The highest BCUT2D eigenvalue weighted by atomic mass is 32.1. The SMILES string of the molecule is CO[N+](=O)/C=C/c1sc(O)cc1N. The van der Waals surface area contributed by atoms with Crippen LogP contribution in [-0.2, 0) is 4.84 Å². The van der Waals surface area contributed by atoms with E-state index in [9.17, 15) is 4.91 Å². The first-order chi connectivity index (χ1) is 6.13. The van der Waals surface area contributed by atoms with Crippen molar-refractivity contribution in [1.29, 1.82) is 0 Å². The van der Waals surface area contributed by atoms with Crippen LogP contribution in [-0.4, -0.2) is 17.1 Å². The molecule has 0 saturated heterocycles. The minimum atomic E-state index is 0.118. The van der Waals surface area contributed by atoms with Crippen LogP contribution in [0.1, 0.15) is 4.88 Å². The van der Waals surface area contributed by atoms with Crippen molar-refractivity contribution >= 4 is 23.1 Å². The lowest BCUT2D eigenvalue weighted by atomic mass is 10.4. The van der Waals surface area contributed by atoms with Crippen molar-refractivity contribution in [2.75, 3.05) is 12.8 Å². The number of nitrogens with two attached hydrogens (primary N) is 1. The molecule has 0 aliphatic rings. The van der Waals surface area contributed by atoms with E-state index in [0.717, 1.165) is 11.3 Å². The van der Waals surface area contributed by atoms with Crippen molar-refractivity contribution in [2.24, 2.45) is 0 Å². The highest BCUT2D eigenvalue weighted by molar-refractivity contribution is 7.15. The van der Waals surface area contributed by atoms with E-state index in [4.69, 9.17) is 10.8 Å². The number of hydrogen-bond acceptors (Lipinski definition) is 5. The maximum atomic E-state index is 10.6. The number of nitrogen functional groups attached to an aromatic ring is 1. The number of nitrogens with zero attached hydrogens (tertiary/aromatic N) is 1. The molecule has 0 spiro atoms. The second kappa shape index (κ2) is 3.90. The Labute approximate surface area is 78.6 Å². The fourth-order valence-corrected chi connectivity index (χ4v) is 1.44. The van der Waals surface area contributed by atoms with Gasteiger partial charge in [0.1, 0.15) is 0 Å². The van der Waals surface area contributed by atoms with E-state index in [1.165, 1.54) is 25.5 Å². The van der Waals surface area contributed by atoms with Gasteiger partial charge in [0.2, 0.25) is 0 Å². The van der Waals surface area contributed by atoms with Gasteiger partial charge in [-0.05, 0) is 0 Å². The summed E-state index contributed by atoms with van der Waals surface area (Å²) in [7, 11) is 1.26. The summed E-state index contributed by atoms with van der Waals surface area (Å²) in [5.41, 5.74) is 5.94. The molecule has 1 heterocycles. The first-order valence-corrected chi connectivity index (χ1v) is 4.22. The lowest BCUT2D eigenvalue weighted by Crippen LogP contribution is -1.94. The van der Waals surface area contributed by atoms with Gasteiger partial charge in [-0.25, -0.2) is 4.84 Å². The van der Waals surface area contributed by atoms with E-state index >= 15 is 0 Å². The Bertz CT molecular complexity index is 346. The highest BCUT2D eigenvalue weighted by Crippen LogP contribution is 2.30. The predicted octanol–water partition coefficient (Wildman–Crippen LogP) is 1.35. The van der Waals surface area contributed by atoms with Gasteiger partial charge in [0.15, 0.2) is 12.2 Å². The minimum absolute atomic E-state index is 0.118. The molecule has 3 N–H and O–H groups in total. The van der Waals surface area contributed by atoms with Crippen molar-refractivity contribution in [3.8, 4) is 5.06 Å². The van der Waals surface area contributed by atoms with Gasteiger partial charge >= 0.3 is 0 Å². The molecule has 0 atom stereocenters. The Morgan fingerprint density at radius 1 is 1.77 bits per heavy atom. The fourth-order valence-electron chi connectivity index (χ4n) is 0.725. The second-order valence-electron chi connectivity index (χ2n) is 2.19. The molecule has 1 aromatic rings. The lowest BCUT2D eigenvalue weighted by molar-refractivity contribution is -0.747. The van der Waals surface area contributed by atoms with Crippen LogP contribution in [0.5, 0.6) is 5.06 Å². The van der Waals surface area contributed by atoms with Gasteiger partial charge in [-0.1, -0.05) is 11.3 Å². The molecule has 0 unspecified atom stereocenters. The van der Waals surface area contributed by atoms with Gasteiger partial charge in [-0.15, -0.1) is 0 Å². The third-order valence-electron chi connectivity index (χ3n) is 1.31. The summed E-state index contributed by atoms with van der Waals surface area (Å²) in [6.07, 6.45) is 2.64. The van der Waals surface area contributed by atoms with Crippen LogP contribution < -0.4 is 5.73 Å². The summed E-state index contributed by atoms with van der Waals surface area (Å²) in [6, 6.07) is 1.42. The summed E-state index contributed by atoms with van der Waals surface area (Å²) >= 11 is 1.09. The Morgan fingerprint density at radius 2 is 2.46 bits per heavy atom. The van der Waals surface area contributed by atoms with Crippen LogP contribution >= 0.6 is 11.3 Å². The number of thiophene rings is 1. The summed E-state index contributed by atoms with van der Waals surface area (Å²) in [4.78, 5) is 15.8. The Hall–Kier alpha value is -1.56. The third-order valence-corrected chi connectivity index (χ3v) is 2.22. The summed E-state index contributed by atoms with van der Waals surface area (Å²) in [5.74, 6) is 0. The van der Waals surface area contributed by atoms with E-state index in [2.05, 4.69) is 4.84 Å². The monoisotopic (exact) mass is 201 g/mol. The molecule has 1 aromatic heterocycles. The minimum Gasteiger partial charge on any atom is -0.499 e. The van der Waals surface area contributed by atoms with Crippen LogP contribution in [0.25, 0.3) is 6.08 Å². The molecule has 0 saturated carbocycles. The molecule has 0 aliphatic carbocycles. The number of hydrogen-bond donors (Lipinski definition) is 2. The molecule has 0 amide bonds. The average molecular weight is 201 g/mol. The van der Waals surface area contributed by atoms with E-state index in [1.54, 1.807) is 0 Å². The zero-order valence-electron chi connectivity index (χ0n) is 6.93. The van der Waals surface area contributed by atoms with E-state index in [0.29, 0.717) is 10.6 Å². The average Bonchev–Trinajstić information content (AvgIpc) is 2.41. The van der Waals surface area contributed by atoms with Crippen LogP contribution in [0.15, 0.2) is 12.3 Å². The topological polar surface area (TPSA) is 75.6 Å². The maximum Gasteiger partial charge on any atom is 0.283 e. The lowest BCUT2D eigenvalue weighted by Gasteiger charge is -1.84. The second-order valence-corrected chi connectivity index (χ2v) is 3.25. The Balaban J connectivity index is 2.79.